The molecular formula is C22H15ClFNO4S. The summed E-state index contributed by atoms with van der Waals surface area (Å²) in [5.41, 5.74) is 0.739. The van der Waals surface area contributed by atoms with Crippen molar-refractivity contribution in [1.82, 2.24) is 0 Å². The molecule has 4 rings (SSSR count). The maximum atomic E-state index is 13.7. The van der Waals surface area contributed by atoms with Crippen LogP contribution in [-0.2, 0) is 4.79 Å². The minimum Gasteiger partial charge on any atom is -0.503 e. The maximum absolute atomic E-state index is 13.7. The van der Waals surface area contributed by atoms with Crippen molar-refractivity contribution in [3.63, 3.8) is 0 Å². The van der Waals surface area contributed by atoms with E-state index in [1.165, 1.54) is 35.5 Å². The number of anilines is 1. The molecule has 0 aliphatic carbocycles. The van der Waals surface area contributed by atoms with Crippen molar-refractivity contribution in [2.45, 2.75) is 6.04 Å². The van der Waals surface area contributed by atoms with Crippen LogP contribution in [0.5, 0.6) is 5.75 Å². The number of carbonyl (C=O) groups is 2. The van der Waals surface area contributed by atoms with Crippen LogP contribution >= 0.6 is 22.9 Å². The Kier molecular flexibility index (Phi) is 5.32. The van der Waals surface area contributed by atoms with Gasteiger partial charge in [0, 0.05) is 5.69 Å². The zero-order valence-corrected chi connectivity index (χ0v) is 17.2. The summed E-state index contributed by atoms with van der Waals surface area (Å²) in [6.45, 7) is 0. The van der Waals surface area contributed by atoms with Crippen LogP contribution in [0.2, 0.25) is 5.02 Å². The maximum Gasteiger partial charge on any atom is 0.294 e. The van der Waals surface area contributed by atoms with Gasteiger partial charge >= 0.3 is 0 Å². The number of thiophene rings is 1. The average Bonchev–Trinajstić information content (AvgIpc) is 3.37. The highest BCUT2D eigenvalue weighted by Gasteiger charge is 2.45. The zero-order chi connectivity index (χ0) is 21.4. The summed E-state index contributed by atoms with van der Waals surface area (Å²) in [4.78, 5) is 27.8. The van der Waals surface area contributed by atoms with E-state index < -0.39 is 29.3 Å². The zero-order valence-electron chi connectivity index (χ0n) is 15.6. The molecule has 0 saturated heterocycles. The predicted molar refractivity (Wildman–Crippen MR) is 113 cm³/mol. The van der Waals surface area contributed by atoms with E-state index in [4.69, 9.17) is 16.3 Å². The SMILES string of the molecule is COc1cccc(C2C(C(=O)c3cccs3)=C(O)C(=O)N2c2ccc(F)c(Cl)c2)c1. The highest BCUT2D eigenvalue weighted by Crippen LogP contribution is 2.43. The number of amides is 1. The lowest BCUT2D eigenvalue weighted by atomic mass is 9.95. The number of Topliss-reactive ketones (excluding diaryl/α,β-unsaturated/α-hetero) is 1. The largest absolute Gasteiger partial charge is 0.503 e. The van der Waals surface area contributed by atoms with Crippen molar-refractivity contribution in [2.75, 3.05) is 12.0 Å². The average molecular weight is 444 g/mol. The van der Waals surface area contributed by atoms with E-state index in [9.17, 15) is 19.1 Å². The van der Waals surface area contributed by atoms with Crippen LogP contribution in [0.3, 0.4) is 0 Å². The Bertz CT molecular complexity index is 1180. The third kappa shape index (κ3) is 3.36. The Labute approximate surface area is 180 Å². The van der Waals surface area contributed by atoms with Crippen LogP contribution in [0.15, 0.2) is 71.3 Å². The number of carbonyl (C=O) groups excluding carboxylic acids is 2. The molecule has 1 aromatic heterocycles. The van der Waals surface area contributed by atoms with Gasteiger partial charge in [-0.1, -0.05) is 29.8 Å². The normalized spacial score (nSPS) is 16.3. The molecule has 1 amide bonds. The lowest BCUT2D eigenvalue weighted by Crippen LogP contribution is -2.31. The van der Waals surface area contributed by atoms with Crippen LogP contribution in [-0.4, -0.2) is 23.9 Å². The van der Waals surface area contributed by atoms with Gasteiger partial charge in [-0.05, 0) is 47.3 Å². The summed E-state index contributed by atoms with van der Waals surface area (Å²) in [6, 6.07) is 13.0. The van der Waals surface area contributed by atoms with E-state index in [2.05, 4.69) is 0 Å². The molecule has 0 fully saturated rings. The topological polar surface area (TPSA) is 66.8 Å². The molecule has 2 aromatic carbocycles. The first-order valence-corrected chi connectivity index (χ1v) is 10.1. The van der Waals surface area contributed by atoms with Gasteiger partial charge in [0.1, 0.15) is 11.6 Å². The molecule has 0 saturated carbocycles. The first-order chi connectivity index (χ1) is 14.4. The number of nitrogens with zero attached hydrogens (tertiary/aromatic N) is 1. The molecule has 0 bridgehead atoms. The van der Waals surface area contributed by atoms with E-state index in [0.717, 1.165) is 6.07 Å². The molecule has 0 spiro atoms. The Balaban J connectivity index is 1.90. The van der Waals surface area contributed by atoms with Gasteiger partial charge in [0.2, 0.25) is 5.78 Å². The smallest absolute Gasteiger partial charge is 0.294 e. The van der Waals surface area contributed by atoms with Gasteiger partial charge in [0.25, 0.3) is 5.91 Å². The lowest BCUT2D eigenvalue weighted by molar-refractivity contribution is -0.117. The van der Waals surface area contributed by atoms with E-state index in [1.807, 2.05) is 0 Å². The molecular weight excluding hydrogens is 429 g/mol. The van der Waals surface area contributed by atoms with Crippen molar-refractivity contribution in [2.24, 2.45) is 0 Å². The van der Waals surface area contributed by atoms with Crippen molar-refractivity contribution in [3.8, 4) is 5.75 Å². The van der Waals surface area contributed by atoms with Gasteiger partial charge in [-0.2, -0.15) is 0 Å². The van der Waals surface area contributed by atoms with Gasteiger partial charge in [-0.3, -0.25) is 14.5 Å². The number of ketones is 1. The highest BCUT2D eigenvalue weighted by atomic mass is 35.5. The summed E-state index contributed by atoms with van der Waals surface area (Å²) in [5, 5.41) is 12.2. The Morgan fingerprint density at radius 2 is 2.00 bits per heavy atom. The van der Waals surface area contributed by atoms with Crippen LogP contribution in [0.1, 0.15) is 21.3 Å². The Morgan fingerprint density at radius 3 is 2.67 bits per heavy atom. The standard InChI is InChI=1S/C22H15ClFNO4S/c1-29-14-5-2-4-12(10-14)19-18(20(26)17-6-3-9-30-17)21(27)22(28)25(19)13-7-8-16(24)15(23)11-13/h2-11,19,27H,1H3. The van der Waals surface area contributed by atoms with Crippen molar-refractivity contribution in [3.05, 3.63) is 92.6 Å². The molecule has 1 N–H and O–H groups in total. The minimum absolute atomic E-state index is 0.0591. The van der Waals surface area contributed by atoms with Crippen LogP contribution in [0.4, 0.5) is 10.1 Å². The second kappa shape index (κ2) is 7.93. The molecule has 152 valence electrons. The van der Waals surface area contributed by atoms with E-state index in [0.29, 0.717) is 16.2 Å². The summed E-state index contributed by atoms with van der Waals surface area (Å²) < 4.78 is 19.0. The summed E-state index contributed by atoms with van der Waals surface area (Å²) in [6.07, 6.45) is 0. The first-order valence-electron chi connectivity index (χ1n) is 8.86. The molecule has 0 radical (unpaired) electrons. The number of rotatable bonds is 5. The Morgan fingerprint density at radius 1 is 1.20 bits per heavy atom. The van der Waals surface area contributed by atoms with Crippen molar-refractivity contribution in [1.29, 1.82) is 0 Å². The molecule has 1 aliphatic rings. The number of benzene rings is 2. The highest BCUT2D eigenvalue weighted by molar-refractivity contribution is 7.12. The molecule has 1 unspecified atom stereocenters. The fourth-order valence-electron chi connectivity index (χ4n) is 3.41. The molecule has 3 aromatic rings. The number of aliphatic hydroxyl groups is 1. The van der Waals surface area contributed by atoms with Gasteiger partial charge in [0.15, 0.2) is 5.76 Å². The fraction of sp³-hybridized carbons (Fsp3) is 0.0909. The van der Waals surface area contributed by atoms with Gasteiger partial charge < -0.3 is 9.84 Å². The molecule has 30 heavy (non-hydrogen) atoms. The van der Waals surface area contributed by atoms with E-state index in [1.54, 1.807) is 41.8 Å². The van der Waals surface area contributed by atoms with Crippen molar-refractivity contribution >= 4 is 40.3 Å². The molecule has 1 aliphatic heterocycles. The van der Waals surface area contributed by atoms with Crippen molar-refractivity contribution < 1.29 is 23.8 Å². The minimum atomic E-state index is -0.941. The quantitative estimate of drug-likeness (QED) is 0.541. The number of halogens is 2. The van der Waals surface area contributed by atoms with Gasteiger partial charge in [0.05, 0.1) is 28.6 Å². The third-order valence-electron chi connectivity index (χ3n) is 4.79. The second-order valence-electron chi connectivity index (χ2n) is 6.52. The van der Waals surface area contributed by atoms with Crippen LogP contribution < -0.4 is 9.64 Å². The van der Waals surface area contributed by atoms with E-state index in [-0.39, 0.29) is 16.3 Å². The van der Waals surface area contributed by atoms with Crippen LogP contribution in [0.25, 0.3) is 0 Å². The number of hydrogen-bond donors (Lipinski definition) is 1. The number of aliphatic hydroxyl groups excluding tert-OH is 1. The van der Waals surface area contributed by atoms with Gasteiger partial charge in [-0.15, -0.1) is 11.3 Å². The molecule has 8 heteroatoms. The monoisotopic (exact) mass is 443 g/mol. The fourth-order valence-corrected chi connectivity index (χ4v) is 4.26. The molecule has 5 nitrogen and oxygen atoms in total. The number of hydrogen-bond acceptors (Lipinski definition) is 5. The summed E-state index contributed by atoms with van der Waals surface area (Å²) >= 11 is 7.13. The van der Waals surface area contributed by atoms with Gasteiger partial charge in [-0.25, -0.2) is 4.39 Å². The predicted octanol–water partition coefficient (Wildman–Crippen LogP) is 5.33. The lowest BCUT2D eigenvalue weighted by Gasteiger charge is -2.27. The third-order valence-corrected chi connectivity index (χ3v) is 5.95. The first kappa shape index (κ1) is 20.1. The number of methoxy groups -OCH3 is 1. The van der Waals surface area contributed by atoms with Crippen LogP contribution in [0, 0.1) is 5.82 Å². The molecule has 1 atom stereocenters. The Hall–Kier alpha value is -3.16. The van der Waals surface area contributed by atoms with E-state index >= 15 is 0 Å². The molecule has 2 heterocycles. The number of ether oxygens (including phenoxy) is 1. The summed E-state index contributed by atoms with van der Waals surface area (Å²) in [7, 11) is 1.50. The second-order valence-corrected chi connectivity index (χ2v) is 7.88. The summed E-state index contributed by atoms with van der Waals surface area (Å²) in [5.74, 6) is -2.00.